The molecule has 0 amide bonds. The molecule has 2 heterocycles. The first-order chi connectivity index (χ1) is 9.75. The number of rotatable bonds is 3. The van der Waals surface area contributed by atoms with Gasteiger partial charge in [0, 0.05) is 26.2 Å². The molecule has 0 bridgehead atoms. The van der Waals surface area contributed by atoms with Crippen LogP contribution in [0.15, 0.2) is 15.5 Å². The van der Waals surface area contributed by atoms with Crippen LogP contribution in [0.5, 0.6) is 0 Å². The summed E-state index contributed by atoms with van der Waals surface area (Å²) >= 11 is 3.50. The van der Waals surface area contributed by atoms with Crippen LogP contribution in [0.1, 0.15) is 25.7 Å². The summed E-state index contributed by atoms with van der Waals surface area (Å²) in [4.78, 5) is 14.9. The van der Waals surface area contributed by atoms with Crippen molar-refractivity contribution in [2.24, 2.45) is 5.92 Å². The molecule has 0 atom stereocenters. The maximum absolute atomic E-state index is 12.7. The summed E-state index contributed by atoms with van der Waals surface area (Å²) < 4.78 is 2.47. The quantitative estimate of drug-likeness (QED) is 0.908. The van der Waals surface area contributed by atoms with E-state index in [-0.39, 0.29) is 5.56 Å². The van der Waals surface area contributed by atoms with Gasteiger partial charge in [0.1, 0.15) is 5.69 Å². The summed E-state index contributed by atoms with van der Waals surface area (Å²) in [7, 11) is 0. The van der Waals surface area contributed by atoms with Crippen LogP contribution in [0, 0.1) is 5.92 Å². The van der Waals surface area contributed by atoms with Crippen molar-refractivity contribution in [3.63, 3.8) is 0 Å². The van der Waals surface area contributed by atoms with Crippen LogP contribution in [-0.2, 0) is 6.54 Å². The van der Waals surface area contributed by atoms with Gasteiger partial charge in [-0.05, 0) is 47.7 Å². The van der Waals surface area contributed by atoms with Crippen LogP contribution in [0.25, 0.3) is 0 Å². The van der Waals surface area contributed by atoms with Gasteiger partial charge in [0.25, 0.3) is 5.56 Å². The molecule has 0 spiro atoms. The number of hydrogen-bond acceptors (Lipinski definition) is 4. The molecule has 5 nitrogen and oxygen atoms in total. The lowest BCUT2D eigenvalue weighted by Gasteiger charge is -2.27. The zero-order valence-electron chi connectivity index (χ0n) is 11.6. The fourth-order valence-electron chi connectivity index (χ4n) is 2.86. The minimum absolute atomic E-state index is 0.0492. The predicted octanol–water partition coefficient (Wildman–Crippen LogP) is 1.61. The Morgan fingerprint density at radius 3 is 2.90 bits per heavy atom. The second-order valence-corrected chi connectivity index (χ2v) is 6.57. The van der Waals surface area contributed by atoms with Crippen molar-refractivity contribution in [2.75, 3.05) is 31.1 Å². The first-order valence-electron chi connectivity index (χ1n) is 7.47. The normalized spacial score (nSPS) is 20.6. The van der Waals surface area contributed by atoms with Crippen molar-refractivity contribution in [1.82, 2.24) is 15.1 Å². The van der Waals surface area contributed by atoms with Crippen LogP contribution in [0.3, 0.4) is 0 Å². The van der Waals surface area contributed by atoms with Gasteiger partial charge in [-0.3, -0.25) is 4.79 Å². The third kappa shape index (κ3) is 2.91. The van der Waals surface area contributed by atoms with E-state index in [0.29, 0.717) is 5.92 Å². The van der Waals surface area contributed by atoms with Gasteiger partial charge in [0.2, 0.25) is 0 Å². The van der Waals surface area contributed by atoms with E-state index in [4.69, 9.17) is 0 Å². The third-order valence-corrected chi connectivity index (χ3v) is 4.87. The Bertz CT molecular complexity index is 518. The summed E-state index contributed by atoms with van der Waals surface area (Å²) in [6, 6.07) is 0. The Morgan fingerprint density at radius 1 is 1.30 bits per heavy atom. The Labute approximate surface area is 127 Å². The van der Waals surface area contributed by atoms with E-state index in [1.807, 2.05) is 0 Å². The minimum atomic E-state index is 0.0492. The Morgan fingerprint density at radius 2 is 2.15 bits per heavy atom. The number of nitrogens with zero attached hydrogens (tertiary/aromatic N) is 3. The highest BCUT2D eigenvalue weighted by Gasteiger charge is 2.22. The molecule has 1 aliphatic carbocycles. The lowest BCUT2D eigenvalue weighted by Crippen LogP contribution is -2.37. The molecular weight excluding hydrogens is 320 g/mol. The average Bonchev–Trinajstić information content (AvgIpc) is 2.65. The van der Waals surface area contributed by atoms with Crippen LogP contribution in [0.2, 0.25) is 0 Å². The van der Waals surface area contributed by atoms with Crippen LogP contribution in [-0.4, -0.2) is 36.0 Å². The summed E-state index contributed by atoms with van der Waals surface area (Å²) in [5.41, 5.74) is 0.830. The van der Waals surface area contributed by atoms with E-state index in [0.717, 1.165) is 49.3 Å². The summed E-state index contributed by atoms with van der Waals surface area (Å²) in [6.45, 7) is 4.52. The third-order valence-electron chi connectivity index (χ3n) is 4.29. The number of hydrogen-bond donors (Lipinski definition) is 1. The van der Waals surface area contributed by atoms with Gasteiger partial charge < -0.3 is 10.2 Å². The molecule has 0 unspecified atom stereocenters. The van der Waals surface area contributed by atoms with E-state index in [1.54, 1.807) is 10.9 Å². The maximum Gasteiger partial charge on any atom is 0.291 e. The number of nitrogens with one attached hydrogen (secondary N) is 1. The molecule has 0 aromatic carbocycles. The van der Waals surface area contributed by atoms with Crippen LogP contribution < -0.4 is 15.8 Å². The van der Waals surface area contributed by atoms with Gasteiger partial charge in [0.05, 0.1) is 10.7 Å². The van der Waals surface area contributed by atoms with Crippen molar-refractivity contribution < 1.29 is 0 Å². The zero-order valence-corrected chi connectivity index (χ0v) is 13.2. The molecular formula is C14H21BrN4O. The lowest BCUT2D eigenvalue weighted by atomic mass is 9.85. The molecule has 1 saturated heterocycles. The average molecular weight is 341 g/mol. The maximum atomic E-state index is 12.7. The van der Waals surface area contributed by atoms with Crippen LogP contribution >= 0.6 is 15.9 Å². The fourth-order valence-corrected chi connectivity index (χ4v) is 3.38. The zero-order chi connectivity index (χ0) is 13.9. The molecule has 20 heavy (non-hydrogen) atoms. The SMILES string of the molecule is O=c1c(N2CCCNCC2)c(Br)cnn1CC1CCC1. The number of aromatic nitrogens is 2. The largest absolute Gasteiger partial charge is 0.365 e. The molecule has 1 saturated carbocycles. The van der Waals surface area contributed by atoms with Gasteiger partial charge in [-0.15, -0.1) is 0 Å². The fraction of sp³-hybridized carbons (Fsp3) is 0.714. The first kappa shape index (κ1) is 14.1. The molecule has 1 aromatic heterocycles. The molecule has 110 valence electrons. The number of halogens is 1. The van der Waals surface area contributed by atoms with Gasteiger partial charge in [-0.1, -0.05) is 6.42 Å². The first-order valence-corrected chi connectivity index (χ1v) is 8.26. The molecule has 3 rings (SSSR count). The van der Waals surface area contributed by atoms with Gasteiger partial charge >= 0.3 is 0 Å². The summed E-state index contributed by atoms with van der Waals surface area (Å²) in [5, 5.41) is 7.66. The van der Waals surface area contributed by atoms with Crippen molar-refractivity contribution in [3.8, 4) is 0 Å². The van der Waals surface area contributed by atoms with E-state index >= 15 is 0 Å². The Kier molecular flexibility index (Phi) is 4.41. The number of anilines is 1. The summed E-state index contributed by atoms with van der Waals surface area (Å²) in [5.74, 6) is 0.639. The highest BCUT2D eigenvalue weighted by atomic mass is 79.9. The summed E-state index contributed by atoms with van der Waals surface area (Å²) in [6.07, 6.45) is 6.59. The van der Waals surface area contributed by atoms with Gasteiger partial charge in [-0.2, -0.15) is 5.10 Å². The van der Waals surface area contributed by atoms with E-state index in [1.165, 1.54) is 19.3 Å². The van der Waals surface area contributed by atoms with Gasteiger partial charge in [0.15, 0.2) is 0 Å². The second-order valence-electron chi connectivity index (χ2n) is 5.72. The van der Waals surface area contributed by atoms with Gasteiger partial charge in [-0.25, -0.2) is 4.68 Å². The van der Waals surface area contributed by atoms with Crippen molar-refractivity contribution in [2.45, 2.75) is 32.2 Å². The molecule has 6 heteroatoms. The topological polar surface area (TPSA) is 50.2 Å². The molecule has 1 aliphatic heterocycles. The molecule has 1 aromatic rings. The van der Waals surface area contributed by atoms with Crippen molar-refractivity contribution in [1.29, 1.82) is 0 Å². The highest BCUT2D eigenvalue weighted by molar-refractivity contribution is 9.10. The van der Waals surface area contributed by atoms with Crippen molar-refractivity contribution >= 4 is 21.6 Å². The Balaban J connectivity index is 1.87. The molecule has 1 N–H and O–H groups in total. The van der Waals surface area contributed by atoms with E-state index in [9.17, 15) is 4.79 Å². The second kappa shape index (κ2) is 6.26. The highest BCUT2D eigenvalue weighted by Crippen LogP contribution is 2.28. The van der Waals surface area contributed by atoms with E-state index in [2.05, 4.69) is 31.2 Å². The predicted molar refractivity (Wildman–Crippen MR) is 83.2 cm³/mol. The van der Waals surface area contributed by atoms with Crippen LogP contribution in [0.4, 0.5) is 5.69 Å². The lowest BCUT2D eigenvalue weighted by molar-refractivity contribution is 0.261. The Hall–Kier alpha value is -0.880. The molecule has 0 radical (unpaired) electrons. The standard InChI is InChI=1S/C14H21BrN4O/c15-12-9-17-19(10-11-3-1-4-11)14(20)13(12)18-7-2-5-16-6-8-18/h9,11,16H,1-8,10H2. The minimum Gasteiger partial charge on any atom is -0.365 e. The van der Waals surface area contributed by atoms with Crippen molar-refractivity contribution in [3.05, 3.63) is 21.0 Å². The smallest absolute Gasteiger partial charge is 0.291 e. The molecule has 2 aliphatic rings. The van der Waals surface area contributed by atoms with E-state index < -0.39 is 0 Å². The monoisotopic (exact) mass is 340 g/mol. The molecule has 2 fully saturated rings.